The van der Waals surface area contributed by atoms with Crippen molar-refractivity contribution < 1.29 is 50.8 Å². The minimum Gasteiger partial charge on any atom is -1.00 e. The Bertz CT molecular complexity index is 184. The van der Waals surface area contributed by atoms with Gasteiger partial charge in [-0.15, -0.1) is 12.4 Å². The molecule has 0 aromatic carbocycles. The second-order valence-electron chi connectivity index (χ2n) is 1.63. The molecule has 0 saturated heterocycles. The number of hydrogen-bond donors (Lipinski definition) is 2. The smallest absolute Gasteiger partial charge is 1.00 e. The molecule has 0 spiro atoms. The Balaban J connectivity index is -0.0000000321. The van der Waals surface area contributed by atoms with E-state index in [1.807, 2.05) is 0 Å². The molecule has 0 aliphatic heterocycles. The second-order valence-corrected chi connectivity index (χ2v) is 1.63. The molecule has 0 aromatic rings. The van der Waals surface area contributed by atoms with Gasteiger partial charge in [0.2, 0.25) is 0 Å². The van der Waals surface area contributed by atoms with E-state index in [4.69, 9.17) is 10.2 Å². The topological polar surface area (TPSA) is 74.6 Å². The van der Waals surface area contributed by atoms with E-state index in [1.54, 1.807) is 0 Å². The molecule has 0 amide bonds. The zero-order valence-corrected chi connectivity index (χ0v) is 10.4. The largest absolute Gasteiger partial charge is 1.00 e. The van der Waals surface area contributed by atoms with Crippen molar-refractivity contribution >= 4 is 24.3 Å². The van der Waals surface area contributed by atoms with Crippen LogP contribution in [0.15, 0.2) is 24.8 Å². The molecule has 13 heavy (non-hydrogen) atoms. The van der Waals surface area contributed by atoms with Crippen LogP contribution in [-0.4, -0.2) is 22.2 Å². The van der Waals surface area contributed by atoms with Gasteiger partial charge in [0.25, 0.3) is 0 Å². The molecule has 0 unspecified atom stereocenters. The quantitative estimate of drug-likeness (QED) is 0.434. The number of halogens is 1. The van der Waals surface area contributed by atoms with Crippen LogP contribution in [0, 0.1) is 0 Å². The van der Waals surface area contributed by atoms with E-state index in [-0.39, 0.29) is 49.0 Å². The summed E-state index contributed by atoms with van der Waals surface area (Å²) in [5, 5.41) is 15.5. The number of carbonyl (C=O) groups is 2. The summed E-state index contributed by atoms with van der Waals surface area (Å²) in [5.41, 5.74) is 0.176. The molecular formula is C7H12ClNaO4. The van der Waals surface area contributed by atoms with Gasteiger partial charge in [0.1, 0.15) is 0 Å². The molecule has 0 atom stereocenters. The van der Waals surface area contributed by atoms with Crippen molar-refractivity contribution in [3.05, 3.63) is 24.8 Å². The molecular weight excluding hydrogens is 207 g/mol. The van der Waals surface area contributed by atoms with Gasteiger partial charge in [-0.05, 0) is 6.92 Å². The van der Waals surface area contributed by atoms with Crippen LogP contribution in [0.2, 0.25) is 0 Å². The Morgan fingerprint density at radius 1 is 1.38 bits per heavy atom. The van der Waals surface area contributed by atoms with Gasteiger partial charge in [-0.2, -0.15) is 0 Å². The molecule has 0 saturated carbocycles. The normalized spacial score (nSPS) is 5.92. The van der Waals surface area contributed by atoms with Crippen molar-refractivity contribution in [3.63, 3.8) is 0 Å². The minimum atomic E-state index is -0.981. The first-order valence-electron chi connectivity index (χ1n) is 2.66. The average Bonchev–Trinajstić information content (AvgIpc) is 1.89. The van der Waals surface area contributed by atoms with Crippen LogP contribution in [0.5, 0.6) is 0 Å². The van der Waals surface area contributed by atoms with Gasteiger partial charge in [0.15, 0.2) is 0 Å². The third kappa shape index (κ3) is 33.9. The zero-order valence-electron chi connectivity index (χ0n) is 8.61. The monoisotopic (exact) mass is 218 g/mol. The fraction of sp³-hybridized carbons (Fsp3) is 0.143. The summed E-state index contributed by atoms with van der Waals surface area (Å²) < 4.78 is 0. The summed E-state index contributed by atoms with van der Waals surface area (Å²) in [4.78, 5) is 18.8. The predicted molar refractivity (Wildman–Crippen MR) is 48.6 cm³/mol. The van der Waals surface area contributed by atoms with Crippen LogP contribution in [0.4, 0.5) is 0 Å². The van der Waals surface area contributed by atoms with Gasteiger partial charge in [-0.25, -0.2) is 9.59 Å². The van der Waals surface area contributed by atoms with E-state index in [1.165, 1.54) is 6.92 Å². The van der Waals surface area contributed by atoms with Gasteiger partial charge in [-0.1, -0.05) is 13.2 Å². The molecule has 72 valence electrons. The van der Waals surface area contributed by atoms with Crippen molar-refractivity contribution in [3.8, 4) is 0 Å². The molecule has 0 heterocycles. The molecule has 0 aromatic heterocycles. The molecule has 0 radical (unpaired) electrons. The minimum absolute atomic E-state index is 0. The van der Waals surface area contributed by atoms with E-state index < -0.39 is 11.9 Å². The zero-order chi connectivity index (χ0) is 9.44. The third-order valence-electron chi connectivity index (χ3n) is 0.540. The van der Waals surface area contributed by atoms with E-state index in [0.29, 0.717) is 0 Å². The standard InChI is InChI=1S/C4H6O2.C3H4O2.ClH.Na.H/c1-3(2)4(5)6;1-2-3(4)5;;;/h1H2,2H3,(H,5,6);2H,1H2,(H,4,5);1H;;/q;;;+1;-1. The predicted octanol–water partition coefficient (Wildman–Crippen LogP) is -1.56. The number of carboxylic acid groups (broad SMARTS) is 2. The van der Waals surface area contributed by atoms with E-state index in [2.05, 4.69) is 13.2 Å². The van der Waals surface area contributed by atoms with Crippen LogP contribution in [0.3, 0.4) is 0 Å². The molecule has 0 rings (SSSR count). The van der Waals surface area contributed by atoms with Crippen molar-refractivity contribution in [1.82, 2.24) is 0 Å². The van der Waals surface area contributed by atoms with Crippen LogP contribution >= 0.6 is 12.4 Å². The number of carboxylic acids is 2. The molecule has 0 aliphatic rings. The van der Waals surface area contributed by atoms with Crippen molar-refractivity contribution in [1.29, 1.82) is 0 Å². The van der Waals surface area contributed by atoms with Gasteiger partial charge in [0.05, 0.1) is 0 Å². The Kier molecular flexibility index (Phi) is 25.2. The second kappa shape index (κ2) is 14.2. The Morgan fingerprint density at radius 3 is 1.54 bits per heavy atom. The number of rotatable bonds is 2. The van der Waals surface area contributed by atoms with Crippen molar-refractivity contribution in [2.45, 2.75) is 6.92 Å². The first-order valence-corrected chi connectivity index (χ1v) is 2.66. The Morgan fingerprint density at radius 2 is 1.54 bits per heavy atom. The van der Waals surface area contributed by atoms with Gasteiger partial charge in [-0.3, -0.25) is 0 Å². The maximum absolute atomic E-state index is 9.60. The molecule has 0 bridgehead atoms. The first-order chi connectivity index (χ1) is 4.91. The first kappa shape index (κ1) is 23.0. The molecule has 6 heteroatoms. The molecule has 2 N–H and O–H groups in total. The summed E-state index contributed by atoms with van der Waals surface area (Å²) in [5.74, 6) is -1.92. The molecule has 0 aliphatic carbocycles. The summed E-state index contributed by atoms with van der Waals surface area (Å²) in [6, 6.07) is 0. The maximum Gasteiger partial charge on any atom is 1.00 e. The van der Waals surface area contributed by atoms with Crippen molar-refractivity contribution in [2.75, 3.05) is 0 Å². The third-order valence-corrected chi connectivity index (χ3v) is 0.540. The fourth-order valence-electron chi connectivity index (χ4n) is 0. The van der Waals surface area contributed by atoms with E-state index in [0.717, 1.165) is 6.08 Å². The summed E-state index contributed by atoms with van der Waals surface area (Å²) in [6.45, 7) is 7.56. The summed E-state index contributed by atoms with van der Waals surface area (Å²) in [7, 11) is 0. The van der Waals surface area contributed by atoms with Crippen molar-refractivity contribution in [2.24, 2.45) is 0 Å². The fourth-order valence-corrected chi connectivity index (χ4v) is 0. The van der Waals surface area contributed by atoms with Gasteiger partial charge < -0.3 is 11.6 Å². The van der Waals surface area contributed by atoms with E-state index >= 15 is 0 Å². The molecule has 4 nitrogen and oxygen atoms in total. The van der Waals surface area contributed by atoms with Gasteiger partial charge >= 0.3 is 41.5 Å². The van der Waals surface area contributed by atoms with Crippen LogP contribution in [-0.2, 0) is 9.59 Å². The summed E-state index contributed by atoms with van der Waals surface area (Å²) in [6.07, 6.45) is 0.833. The Labute approximate surface area is 107 Å². The van der Waals surface area contributed by atoms with E-state index in [9.17, 15) is 9.59 Å². The molecule has 0 fully saturated rings. The van der Waals surface area contributed by atoms with Crippen LogP contribution in [0.1, 0.15) is 8.35 Å². The van der Waals surface area contributed by atoms with Gasteiger partial charge in [0, 0.05) is 11.6 Å². The number of hydrogen-bond acceptors (Lipinski definition) is 2. The maximum atomic E-state index is 9.60. The van der Waals surface area contributed by atoms with Crippen LogP contribution in [0.25, 0.3) is 0 Å². The van der Waals surface area contributed by atoms with Crippen LogP contribution < -0.4 is 29.6 Å². The number of aliphatic carboxylic acids is 2. The average molecular weight is 219 g/mol. The SMILES string of the molecule is C=C(C)C(=O)O.C=CC(=O)O.Cl.[H-].[Na+]. The summed E-state index contributed by atoms with van der Waals surface area (Å²) >= 11 is 0. The Hall–Kier alpha value is -0.290.